The zero-order valence-corrected chi connectivity index (χ0v) is 12.8. The quantitative estimate of drug-likeness (QED) is 0.806. The second kappa shape index (κ2) is 5.15. The number of hydrogen-bond acceptors (Lipinski definition) is 3. The van der Waals surface area contributed by atoms with Gasteiger partial charge in [-0.25, -0.2) is 0 Å². The summed E-state index contributed by atoms with van der Waals surface area (Å²) in [6, 6.07) is 2.80. The number of fused-ring (bicyclic) bond motifs is 1. The van der Waals surface area contributed by atoms with Crippen molar-refractivity contribution in [3.63, 3.8) is 0 Å². The zero-order valence-electron chi connectivity index (χ0n) is 9.79. The number of halogens is 1. The average molecular weight is 363 g/mol. The van der Waals surface area contributed by atoms with Gasteiger partial charge in [0.1, 0.15) is 0 Å². The summed E-state index contributed by atoms with van der Waals surface area (Å²) in [5.41, 5.74) is 1.49. The normalized spacial score (nSPS) is 25.6. The van der Waals surface area contributed by atoms with Gasteiger partial charge in [0.2, 0.25) is 0 Å². The molecule has 0 saturated heterocycles. The van der Waals surface area contributed by atoms with Gasteiger partial charge < -0.3 is 10.4 Å². The smallest absolute Gasteiger partial charge is 0.0692 e. The fourth-order valence-electron chi connectivity index (χ4n) is 2.64. The lowest BCUT2D eigenvalue weighted by atomic mass is 9.94. The van der Waals surface area contributed by atoms with E-state index in [1.54, 1.807) is 4.88 Å². The van der Waals surface area contributed by atoms with Crippen LogP contribution >= 0.6 is 33.9 Å². The van der Waals surface area contributed by atoms with Crippen LogP contribution in [0.25, 0.3) is 0 Å². The van der Waals surface area contributed by atoms with Crippen molar-refractivity contribution in [3.8, 4) is 0 Å². The Balaban J connectivity index is 1.63. The fraction of sp³-hybridized carbons (Fsp3) is 0.692. The Bertz CT molecular complexity index is 402. The number of nitrogens with one attached hydrogen (secondary N) is 1. The third-order valence-electron chi connectivity index (χ3n) is 3.82. The standard InChI is InChI=1S/C13H18INOS/c14-13-6-9-10(2-1-3-12(9)17-13)15-7-11(16)8-4-5-8/h6,8,10-11,15-16H,1-5,7H2. The van der Waals surface area contributed by atoms with Gasteiger partial charge in [-0.1, -0.05) is 0 Å². The molecule has 0 aromatic carbocycles. The lowest BCUT2D eigenvalue weighted by Crippen LogP contribution is -2.32. The van der Waals surface area contributed by atoms with Crippen molar-refractivity contribution in [2.75, 3.05) is 6.54 Å². The molecule has 2 aliphatic rings. The molecule has 0 radical (unpaired) electrons. The van der Waals surface area contributed by atoms with Crippen molar-refractivity contribution in [1.82, 2.24) is 5.32 Å². The molecule has 1 fully saturated rings. The lowest BCUT2D eigenvalue weighted by Gasteiger charge is -2.25. The van der Waals surface area contributed by atoms with E-state index in [4.69, 9.17) is 0 Å². The van der Waals surface area contributed by atoms with E-state index in [1.165, 1.54) is 40.6 Å². The van der Waals surface area contributed by atoms with E-state index < -0.39 is 0 Å². The minimum Gasteiger partial charge on any atom is -0.392 e. The van der Waals surface area contributed by atoms with Gasteiger partial charge in [0.25, 0.3) is 0 Å². The van der Waals surface area contributed by atoms with Gasteiger partial charge in [-0.2, -0.15) is 0 Å². The first-order valence-corrected chi connectivity index (χ1v) is 8.33. The van der Waals surface area contributed by atoms with Crippen molar-refractivity contribution >= 4 is 33.9 Å². The maximum Gasteiger partial charge on any atom is 0.0692 e. The Hall–Kier alpha value is 0.350. The molecule has 0 amide bonds. The van der Waals surface area contributed by atoms with Crippen molar-refractivity contribution in [1.29, 1.82) is 0 Å². The molecular weight excluding hydrogens is 345 g/mol. The Morgan fingerprint density at radius 2 is 2.29 bits per heavy atom. The van der Waals surface area contributed by atoms with Crippen LogP contribution in [0.5, 0.6) is 0 Å². The van der Waals surface area contributed by atoms with Crippen LogP contribution in [0.15, 0.2) is 6.07 Å². The molecule has 2 N–H and O–H groups in total. The van der Waals surface area contributed by atoms with Gasteiger partial charge in [0, 0.05) is 17.5 Å². The van der Waals surface area contributed by atoms with Crippen LogP contribution in [0.4, 0.5) is 0 Å². The molecule has 3 rings (SSSR count). The molecule has 94 valence electrons. The highest BCUT2D eigenvalue weighted by atomic mass is 127. The van der Waals surface area contributed by atoms with Crippen LogP contribution in [-0.4, -0.2) is 17.8 Å². The summed E-state index contributed by atoms with van der Waals surface area (Å²) in [5.74, 6) is 0.577. The molecule has 2 unspecified atom stereocenters. The molecule has 0 aliphatic heterocycles. The molecule has 0 bridgehead atoms. The molecule has 17 heavy (non-hydrogen) atoms. The highest BCUT2D eigenvalue weighted by Gasteiger charge is 2.30. The Morgan fingerprint density at radius 1 is 1.47 bits per heavy atom. The molecule has 1 aromatic rings. The zero-order chi connectivity index (χ0) is 11.8. The summed E-state index contributed by atoms with van der Waals surface area (Å²) in [6.07, 6.45) is 6.05. The van der Waals surface area contributed by atoms with E-state index in [0.717, 1.165) is 6.54 Å². The minimum atomic E-state index is -0.127. The van der Waals surface area contributed by atoms with Crippen LogP contribution in [0.3, 0.4) is 0 Å². The minimum absolute atomic E-state index is 0.127. The van der Waals surface area contributed by atoms with Gasteiger partial charge in [-0.3, -0.25) is 0 Å². The number of rotatable bonds is 4. The van der Waals surface area contributed by atoms with Gasteiger partial charge in [-0.15, -0.1) is 11.3 Å². The monoisotopic (exact) mass is 363 g/mol. The molecule has 2 nitrogen and oxygen atoms in total. The lowest BCUT2D eigenvalue weighted by molar-refractivity contribution is 0.143. The second-order valence-electron chi connectivity index (χ2n) is 5.19. The first-order chi connectivity index (χ1) is 8.24. The predicted octanol–water partition coefficient (Wildman–Crippen LogP) is 3.09. The second-order valence-corrected chi connectivity index (χ2v) is 8.22. The number of thiophene rings is 1. The SMILES string of the molecule is OC(CNC1CCCc2sc(I)cc21)C1CC1. The van der Waals surface area contributed by atoms with Crippen LogP contribution in [0.1, 0.15) is 42.2 Å². The van der Waals surface area contributed by atoms with Crippen LogP contribution in [-0.2, 0) is 6.42 Å². The average Bonchev–Trinajstić information content (AvgIpc) is 3.08. The predicted molar refractivity (Wildman–Crippen MR) is 79.4 cm³/mol. The van der Waals surface area contributed by atoms with Crippen molar-refractivity contribution in [2.45, 2.75) is 44.2 Å². The largest absolute Gasteiger partial charge is 0.392 e. The van der Waals surface area contributed by atoms with E-state index in [0.29, 0.717) is 12.0 Å². The maximum atomic E-state index is 9.91. The molecular formula is C13H18INOS. The van der Waals surface area contributed by atoms with E-state index in [-0.39, 0.29) is 6.10 Å². The molecule has 1 heterocycles. The first kappa shape index (κ1) is 12.4. The third kappa shape index (κ3) is 2.85. The summed E-state index contributed by atoms with van der Waals surface area (Å²) in [4.78, 5) is 1.55. The highest BCUT2D eigenvalue weighted by Crippen LogP contribution is 2.37. The van der Waals surface area contributed by atoms with E-state index in [1.807, 2.05) is 11.3 Å². The topological polar surface area (TPSA) is 32.3 Å². The maximum absolute atomic E-state index is 9.91. The van der Waals surface area contributed by atoms with Gasteiger partial charge in [-0.05, 0) is 72.2 Å². The Morgan fingerprint density at radius 3 is 3.06 bits per heavy atom. The Labute approximate surface area is 120 Å². The van der Waals surface area contributed by atoms with Crippen molar-refractivity contribution in [3.05, 3.63) is 19.4 Å². The fourth-order valence-corrected chi connectivity index (χ4v) is 4.76. The van der Waals surface area contributed by atoms with Crippen molar-refractivity contribution in [2.24, 2.45) is 5.92 Å². The molecule has 2 aliphatic carbocycles. The third-order valence-corrected chi connectivity index (χ3v) is 5.79. The van der Waals surface area contributed by atoms with Crippen LogP contribution in [0, 0.1) is 8.80 Å². The summed E-state index contributed by atoms with van der Waals surface area (Å²) in [5, 5.41) is 13.5. The van der Waals surface area contributed by atoms with Crippen LogP contribution < -0.4 is 5.32 Å². The van der Waals surface area contributed by atoms with Crippen LogP contribution in [0.2, 0.25) is 0 Å². The highest BCUT2D eigenvalue weighted by molar-refractivity contribution is 14.1. The van der Waals surface area contributed by atoms with E-state index >= 15 is 0 Å². The van der Waals surface area contributed by atoms with Crippen molar-refractivity contribution < 1.29 is 5.11 Å². The Kier molecular flexibility index (Phi) is 3.75. The van der Waals surface area contributed by atoms with Gasteiger partial charge in [0.15, 0.2) is 0 Å². The number of aliphatic hydroxyl groups is 1. The first-order valence-electron chi connectivity index (χ1n) is 6.43. The van der Waals surface area contributed by atoms with E-state index in [9.17, 15) is 5.11 Å². The summed E-state index contributed by atoms with van der Waals surface area (Å²) in [7, 11) is 0. The summed E-state index contributed by atoms with van der Waals surface area (Å²) >= 11 is 4.35. The summed E-state index contributed by atoms with van der Waals surface area (Å²) < 4.78 is 1.39. The number of aryl methyl sites for hydroxylation is 1. The molecule has 1 saturated carbocycles. The molecule has 0 spiro atoms. The number of hydrogen-bond donors (Lipinski definition) is 2. The number of aliphatic hydroxyl groups excluding tert-OH is 1. The summed E-state index contributed by atoms with van der Waals surface area (Å²) in [6.45, 7) is 0.765. The van der Waals surface area contributed by atoms with Gasteiger partial charge in [0.05, 0.1) is 8.99 Å². The molecule has 4 heteroatoms. The van der Waals surface area contributed by atoms with Gasteiger partial charge >= 0.3 is 0 Å². The van der Waals surface area contributed by atoms with E-state index in [2.05, 4.69) is 34.0 Å². The molecule has 2 atom stereocenters. The molecule has 1 aromatic heterocycles.